The van der Waals surface area contributed by atoms with E-state index in [4.69, 9.17) is 0 Å². The number of carbonyl (C=O) groups is 2. The molecule has 0 saturated heterocycles. The number of thiophene rings is 1. The Morgan fingerprint density at radius 2 is 1.89 bits per heavy atom. The third kappa shape index (κ3) is 5.96. The monoisotopic (exact) mass is 503 g/mol. The Morgan fingerprint density at radius 1 is 1.11 bits per heavy atom. The molecule has 1 atom stereocenters. The summed E-state index contributed by atoms with van der Waals surface area (Å²) in [4.78, 5) is 29.4. The summed E-state index contributed by atoms with van der Waals surface area (Å²) in [5, 5.41) is 4.91. The SMILES string of the molecule is Cn1cccc1[C@@H](C(=O)NC1CCCCC1)N(C(=O)Cc1cccs1)c1cccc(C(F)(F)F)c1. The number of nitrogens with zero attached hydrogens (tertiary/aromatic N) is 2. The molecule has 4 rings (SSSR count). The van der Waals surface area contributed by atoms with E-state index in [1.165, 1.54) is 28.4 Å². The van der Waals surface area contributed by atoms with Gasteiger partial charge < -0.3 is 9.88 Å². The molecule has 1 N–H and O–H groups in total. The highest BCUT2D eigenvalue weighted by Crippen LogP contribution is 2.35. The molecular weight excluding hydrogens is 475 g/mol. The van der Waals surface area contributed by atoms with Crippen molar-refractivity contribution in [2.75, 3.05) is 4.90 Å². The summed E-state index contributed by atoms with van der Waals surface area (Å²) in [6, 6.07) is 10.6. The van der Waals surface area contributed by atoms with Gasteiger partial charge in [-0.25, -0.2) is 0 Å². The molecule has 2 heterocycles. The van der Waals surface area contributed by atoms with Crippen molar-refractivity contribution in [1.29, 1.82) is 0 Å². The third-order valence-electron chi connectivity index (χ3n) is 6.35. The zero-order valence-corrected chi connectivity index (χ0v) is 20.2. The molecule has 1 fully saturated rings. The minimum Gasteiger partial charge on any atom is -0.352 e. The van der Waals surface area contributed by atoms with Gasteiger partial charge in [0.25, 0.3) is 0 Å². The van der Waals surface area contributed by atoms with Crippen molar-refractivity contribution in [3.05, 3.63) is 76.2 Å². The maximum atomic E-state index is 13.7. The highest BCUT2D eigenvalue weighted by molar-refractivity contribution is 7.10. The first-order valence-corrected chi connectivity index (χ1v) is 12.6. The quantitative estimate of drug-likeness (QED) is 0.438. The number of amides is 2. The summed E-state index contributed by atoms with van der Waals surface area (Å²) in [7, 11) is 1.75. The average Bonchev–Trinajstić information content (AvgIpc) is 3.49. The number of anilines is 1. The van der Waals surface area contributed by atoms with Crippen LogP contribution in [0.15, 0.2) is 60.1 Å². The Kier molecular flexibility index (Phi) is 7.64. The van der Waals surface area contributed by atoms with Gasteiger partial charge in [0.2, 0.25) is 11.8 Å². The molecule has 9 heteroatoms. The average molecular weight is 504 g/mol. The molecule has 2 amide bonds. The second kappa shape index (κ2) is 10.7. The predicted octanol–water partition coefficient (Wildman–Crippen LogP) is 5.87. The minimum atomic E-state index is -4.58. The van der Waals surface area contributed by atoms with Crippen molar-refractivity contribution in [2.45, 2.75) is 56.8 Å². The zero-order valence-electron chi connectivity index (χ0n) is 19.4. The molecule has 186 valence electrons. The summed E-state index contributed by atoms with van der Waals surface area (Å²) >= 11 is 1.39. The molecule has 1 aliphatic carbocycles. The molecule has 0 unspecified atom stereocenters. The lowest BCUT2D eigenvalue weighted by molar-refractivity contribution is -0.137. The van der Waals surface area contributed by atoms with Crippen molar-refractivity contribution in [2.24, 2.45) is 7.05 Å². The standard InChI is InChI=1S/C26H28F3N3O2S/c1-31-14-6-13-22(31)24(25(34)30-19-9-3-2-4-10-19)32(23(33)17-21-12-7-15-35-21)20-11-5-8-18(16-20)26(27,28)29/h5-8,11-16,19,24H,2-4,9-10,17H2,1H3,(H,30,34)/t24-/m0/s1. The lowest BCUT2D eigenvalue weighted by Crippen LogP contribution is -2.48. The van der Waals surface area contributed by atoms with Gasteiger partial charge >= 0.3 is 6.18 Å². The van der Waals surface area contributed by atoms with E-state index in [1.807, 2.05) is 11.4 Å². The van der Waals surface area contributed by atoms with Crippen LogP contribution in [0.2, 0.25) is 0 Å². The van der Waals surface area contributed by atoms with Crippen LogP contribution in [0.3, 0.4) is 0 Å². The van der Waals surface area contributed by atoms with Crippen LogP contribution < -0.4 is 10.2 Å². The molecule has 0 bridgehead atoms. The maximum absolute atomic E-state index is 13.7. The molecule has 5 nitrogen and oxygen atoms in total. The summed E-state index contributed by atoms with van der Waals surface area (Å²) in [5.41, 5.74) is -0.316. The van der Waals surface area contributed by atoms with Crippen LogP contribution in [0, 0.1) is 0 Å². The molecule has 0 radical (unpaired) electrons. The first kappa shape index (κ1) is 25.0. The van der Waals surface area contributed by atoms with E-state index in [9.17, 15) is 22.8 Å². The Hall–Kier alpha value is -3.07. The zero-order chi connectivity index (χ0) is 25.0. The van der Waals surface area contributed by atoms with E-state index < -0.39 is 29.6 Å². The van der Waals surface area contributed by atoms with Crippen LogP contribution in [-0.4, -0.2) is 22.4 Å². The van der Waals surface area contributed by atoms with E-state index in [1.54, 1.807) is 36.0 Å². The van der Waals surface area contributed by atoms with Gasteiger partial charge in [0.1, 0.15) is 0 Å². The number of benzene rings is 1. The van der Waals surface area contributed by atoms with Crippen LogP contribution >= 0.6 is 11.3 Å². The fourth-order valence-electron chi connectivity index (χ4n) is 4.59. The maximum Gasteiger partial charge on any atom is 0.416 e. The van der Waals surface area contributed by atoms with Crippen molar-refractivity contribution in [3.63, 3.8) is 0 Å². The number of hydrogen-bond donors (Lipinski definition) is 1. The Balaban J connectivity index is 1.78. The number of rotatable bonds is 7. The van der Waals surface area contributed by atoms with Gasteiger partial charge in [-0.1, -0.05) is 31.4 Å². The number of nitrogens with one attached hydrogen (secondary N) is 1. The van der Waals surface area contributed by atoms with E-state index in [0.29, 0.717) is 5.69 Å². The van der Waals surface area contributed by atoms with E-state index >= 15 is 0 Å². The smallest absolute Gasteiger partial charge is 0.352 e. The van der Waals surface area contributed by atoms with Crippen LogP contribution in [0.25, 0.3) is 0 Å². The van der Waals surface area contributed by atoms with E-state index in [2.05, 4.69) is 5.32 Å². The summed E-state index contributed by atoms with van der Waals surface area (Å²) < 4.78 is 42.4. The van der Waals surface area contributed by atoms with Gasteiger partial charge in [0, 0.05) is 29.9 Å². The van der Waals surface area contributed by atoms with Gasteiger partial charge in [-0.2, -0.15) is 13.2 Å². The van der Waals surface area contributed by atoms with Gasteiger partial charge in [-0.3, -0.25) is 14.5 Å². The van der Waals surface area contributed by atoms with Crippen LogP contribution in [0.1, 0.15) is 54.3 Å². The largest absolute Gasteiger partial charge is 0.416 e. The predicted molar refractivity (Wildman–Crippen MR) is 130 cm³/mol. The second-order valence-electron chi connectivity index (χ2n) is 8.86. The van der Waals surface area contributed by atoms with Crippen LogP contribution in [0.4, 0.5) is 18.9 Å². The number of aromatic nitrogens is 1. The topological polar surface area (TPSA) is 54.3 Å². The highest BCUT2D eigenvalue weighted by Gasteiger charge is 2.37. The van der Waals surface area contributed by atoms with Crippen LogP contribution in [0.5, 0.6) is 0 Å². The number of hydrogen-bond acceptors (Lipinski definition) is 3. The Morgan fingerprint density at radius 3 is 2.51 bits per heavy atom. The van der Waals surface area contributed by atoms with Gasteiger partial charge in [0.15, 0.2) is 6.04 Å². The van der Waals surface area contributed by atoms with Gasteiger partial charge in [0.05, 0.1) is 17.7 Å². The molecule has 3 aromatic rings. The number of carbonyl (C=O) groups excluding carboxylic acids is 2. The summed E-state index contributed by atoms with van der Waals surface area (Å²) in [5.74, 6) is -0.840. The number of aryl methyl sites for hydroxylation is 1. The van der Waals surface area contributed by atoms with Crippen molar-refractivity contribution in [1.82, 2.24) is 9.88 Å². The third-order valence-corrected chi connectivity index (χ3v) is 7.22. The van der Waals surface area contributed by atoms with Gasteiger partial charge in [-0.15, -0.1) is 11.3 Å². The summed E-state index contributed by atoms with van der Waals surface area (Å²) in [6.07, 6.45) is 1.97. The lowest BCUT2D eigenvalue weighted by Gasteiger charge is -2.33. The molecule has 0 spiro atoms. The highest BCUT2D eigenvalue weighted by atomic mass is 32.1. The van der Waals surface area contributed by atoms with Gasteiger partial charge in [-0.05, 0) is 54.6 Å². The van der Waals surface area contributed by atoms with Crippen molar-refractivity contribution >= 4 is 28.8 Å². The second-order valence-corrected chi connectivity index (χ2v) is 9.89. The fraction of sp³-hybridized carbons (Fsp3) is 0.385. The summed E-state index contributed by atoms with van der Waals surface area (Å²) in [6.45, 7) is 0. The molecule has 2 aromatic heterocycles. The lowest BCUT2D eigenvalue weighted by atomic mass is 9.95. The molecular formula is C26H28F3N3O2S. The molecule has 1 saturated carbocycles. The Labute approximate surface area is 206 Å². The first-order chi connectivity index (χ1) is 16.7. The fourth-order valence-corrected chi connectivity index (χ4v) is 5.28. The van der Waals surface area contributed by atoms with Crippen molar-refractivity contribution in [3.8, 4) is 0 Å². The minimum absolute atomic E-state index is 0.0187. The Bertz CT molecular complexity index is 1150. The molecule has 0 aliphatic heterocycles. The van der Waals surface area contributed by atoms with Crippen molar-refractivity contribution < 1.29 is 22.8 Å². The first-order valence-electron chi connectivity index (χ1n) is 11.7. The molecule has 35 heavy (non-hydrogen) atoms. The van der Waals surface area contributed by atoms with E-state index in [-0.39, 0.29) is 18.2 Å². The van der Waals surface area contributed by atoms with E-state index in [0.717, 1.165) is 49.1 Å². The number of halogens is 3. The van der Waals surface area contributed by atoms with Crippen LogP contribution in [-0.2, 0) is 29.2 Å². The molecule has 1 aromatic carbocycles. The molecule has 1 aliphatic rings. The normalized spacial score (nSPS) is 15.5. The number of alkyl halides is 3.